The van der Waals surface area contributed by atoms with Crippen LogP contribution >= 0.6 is 11.6 Å². The first-order chi connectivity index (χ1) is 12.8. The third-order valence-electron chi connectivity index (χ3n) is 5.14. The summed E-state index contributed by atoms with van der Waals surface area (Å²) in [6, 6.07) is 27.3. The number of aromatic nitrogens is 2. The molecule has 0 fully saturated rings. The van der Waals surface area contributed by atoms with Crippen molar-refractivity contribution in [3.05, 3.63) is 95.0 Å². The van der Waals surface area contributed by atoms with Crippen molar-refractivity contribution >= 4 is 28.6 Å². The van der Waals surface area contributed by atoms with Gasteiger partial charge in [-0.05, 0) is 35.7 Å². The van der Waals surface area contributed by atoms with Gasteiger partial charge in [-0.2, -0.15) is 0 Å². The van der Waals surface area contributed by atoms with Crippen LogP contribution in [0.1, 0.15) is 29.6 Å². The molecule has 0 saturated heterocycles. The zero-order valence-corrected chi connectivity index (χ0v) is 14.9. The lowest BCUT2D eigenvalue weighted by Gasteiger charge is -2.34. The molecule has 3 nitrogen and oxygen atoms in total. The second kappa shape index (κ2) is 6.19. The van der Waals surface area contributed by atoms with Crippen LogP contribution in [0.2, 0.25) is 5.02 Å². The second-order valence-corrected chi connectivity index (χ2v) is 7.08. The molecular formula is C22H18ClN3. The van der Waals surface area contributed by atoms with Gasteiger partial charge in [-0.1, -0.05) is 72.3 Å². The number of hydrogen-bond acceptors (Lipinski definition) is 2. The van der Waals surface area contributed by atoms with Crippen molar-refractivity contribution in [3.63, 3.8) is 0 Å². The van der Waals surface area contributed by atoms with Crippen LogP contribution in [0.4, 0.5) is 5.95 Å². The standard InChI is InChI=1S/C22H18ClN3/c23-17-11-5-4-10-16(17)21-14-19(15-8-2-1-3-9-15)25-22-24-18-12-6-7-13-20(18)26(21)22/h1-13,19,21H,14H2,(H,24,25)/t19-,21+/m1/s1. The monoisotopic (exact) mass is 359 g/mol. The van der Waals surface area contributed by atoms with E-state index in [0.29, 0.717) is 0 Å². The summed E-state index contributed by atoms with van der Waals surface area (Å²) in [7, 11) is 0. The lowest BCUT2D eigenvalue weighted by molar-refractivity contribution is 0.477. The zero-order chi connectivity index (χ0) is 17.5. The van der Waals surface area contributed by atoms with Crippen LogP contribution in [-0.4, -0.2) is 9.55 Å². The van der Waals surface area contributed by atoms with E-state index in [1.165, 1.54) is 5.56 Å². The normalized spacial score (nSPS) is 19.1. The van der Waals surface area contributed by atoms with Gasteiger partial charge in [-0.15, -0.1) is 0 Å². The highest BCUT2D eigenvalue weighted by Crippen LogP contribution is 2.42. The molecule has 3 aromatic carbocycles. The Balaban J connectivity index is 1.71. The molecule has 1 aromatic heterocycles. The summed E-state index contributed by atoms with van der Waals surface area (Å²) in [6.45, 7) is 0. The fourth-order valence-corrected chi connectivity index (χ4v) is 4.18. The molecular weight excluding hydrogens is 342 g/mol. The molecule has 128 valence electrons. The minimum absolute atomic E-state index is 0.137. The number of benzene rings is 3. The number of nitrogens with zero attached hydrogens (tertiary/aromatic N) is 2. The minimum atomic E-state index is 0.137. The molecule has 5 rings (SSSR count). The van der Waals surface area contributed by atoms with E-state index >= 15 is 0 Å². The number of nitrogens with one attached hydrogen (secondary N) is 1. The van der Waals surface area contributed by atoms with E-state index in [1.807, 2.05) is 24.3 Å². The van der Waals surface area contributed by atoms with Crippen LogP contribution in [0.25, 0.3) is 11.0 Å². The average molecular weight is 360 g/mol. The first-order valence-corrected chi connectivity index (χ1v) is 9.22. The molecule has 1 aliphatic heterocycles. The van der Waals surface area contributed by atoms with Crippen LogP contribution in [0, 0.1) is 0 Å². The lowest BCUT2D eigenvalue weighted by atomic mass is 9.93. The zero-order valence-electron chi connectivity index (χ0n) is 14.1. The Labute approximate surface area is 157 Å². The first-order valence-electron chi connectivity index (χ1n) is 8.84. The Kier molecular flexibility index (Phi) is 3.68. The topological polar surface area (TPSA) is 29.9 Å². The SMILES string of the molecule is Clc1ccccc1[C@@H]1C[C@H](c2ccccc2)Nc2nc3ccccc3n21. The van der Waals surface area contributed by atoms with Crippen LogP contribution < -0.4 is 5.32 Å². The highest BCUT2D eigenvalue weighted by Gasteiger charge is 2.31. The fraction of sp³-hybridized carbons (Fsp3) is 0.136. The third kappa shape index (κ3) is 2.47. The van der Waals surface area contributed by atoms with E-state index in [2.05, 4.69) is 64.5 Å². The summed E-state index contributed by atoms with van der Waals surface area (Å²) in [5.41, 5.74) is 4.54. The van der Waals surface area contributed by atoms with Gasteiger partial charge in [0, 0.05) is 5.02 Å². The average Bonchev–Trinajstić information content (AvgIpc) is 3.07. The highest BCUT2D eigenvalue weighted by atomic mass is 35.5. The Morgan fingerprint density at radius 3 is 2.46 bits per heavy atom. The Bertz CT molecular complexity index is 1070. The number of hydrogen-bond donors (Lipinski definition) is 1. The number of para-hydroxylation sites is 2. The van der Waals surface area contributed by atoms with Gasteiger partial charge in [0.25, 0.3) is 0 Å². The first kappa shape index (κ1) is 15.5. The molecule has 1 N–H and O–H groups in total. The number of halogens is 1. The van der Waals surface area contributed by atoms with Crippen molar-refractivity contribution in [3.8, 4) is 0 Å². The quantitative estimate of drug-likeness (QED) is 0.487. The third-order valence-corrected chi connectivity index (χ3v) is 5.48. The maximum Gasteiger partial charge on any atom is 0.204 e. The van der Waals surface area contributed by atoms with Crippen molar-refractivity contribution in [1.29, 1.82) is 0 Å². The maximum atomic E-state index is 6.58. The van der Waals surface area contributed by atoms with Crippen LogP contribution in [0.15, 0.2) is 78.9 Å². The lowest BCUT2D eigenvalue weighted by Crippen LogP contribution is -2.27. The fourth-order valence-electron chi connectivity index (χ4n) is 3.92. The molecule has 0 unspecified atom stereocenters. The Hall–Kier alpha value is -2.78. The van der Waals surface area contributed by atoms with E-state index in [-0.39, 0.29) is 12.1 Å². The van der Waals surface area contributed by atoms with Crippen LogP contribution in [-0.2, 0) is 0 Å². The molecule has 4 heteroatoms. The van der Waals surface area contributed by atoms with Crippen molar-refractivity contribution < 1.29 is 0 Å². The van der Waals surface area contributed by atoms with Crippen molar-refractivity contribution in [1.82, 2.24) is 9.55 Å². The molecule has 0 radical (unpaired) electrons. The van der Waals surface area contributed by atoms with Crippen LogP contribution in [0.5, 0.6) is 0 Å². The summed E-state index contributed by atoms with van der Waals surface area (Å²) in [4.78, 5) is 4.84. The van der Waals surface area contributed by atoms with Gasteiger partial charge in [0.1, 0.15) is 0 Å². The van der Waals surface area contributed by atoms with E-state index in [4.69, 9.17) is 16.6 Å². The molecule has 0 spiro atoms. The smallest absolute Gasteiger partial charge is 0.204 e. The van der Waals surface area contributed by atoms with Crippen molar-refractivity contribution in [2.75, 3.05) is 5.32 Å². The molecule has 0 aliphatic carbocycles. The van der Waals surface area contributed by atoms with Crippen LogP contribution in [0.3, 0.4) is 0 Å². The summed E-state index contributed by atoms with van der Waals surface area (Å²) in [6.07, 6.45) is 0.918. The van der Waals surface area contributed by atoms with E-state index in [1.54, 1.807) is 0 Å². The van der Waals surface area contributed by atoms with Crippen molar-refractivity contribution in [2.45, 2.75) is 18.5 Å². The van der Waals surface area contributed by atoms with Gasteiger partial charge in [0.15, 0.2) is 0 Å². The molecule has 1 aliphatic rings. The molecule has 2 heterocycles. The second-order valence-electron chi connectivity index (χ2n) is 6.67. The van der Waals surface area contributed by atoms with E-state index < -0.39 is 0 Å². The Morgan fingerprint density at radius 2 is 1.62 bits per heavy atom. The predicted octanol–water partition coefficient (Wildman–Crippen LogP) is 5.84. The summed E-state index contributed by atoms with van der Waals surface area (Å²) in [5.74, 6) is 0.899. The Morgan fingerprint density at radius 1 is 0.885 bits per heavy atom. The maximum absolute atomic E-state index is 6.58. The number of rotatable bonds is 2. The van der Waals surface area contributed by atoms with Gasteiger partial charge in [0.05, 0.1) is 23.1 Å². The number of anilines is 1. The summed E-state index contributed by atoms with van der Waals surface area (Å²) >= 11 is 6.58. The van der Waals surface area contributed by atoms with Gasteiger partial charge in [-0.25, -0.2) is 4.98 Å². The van der Waals surface area contributed by atoms with Crippen molar-refractivity contribution in [2.24, 2.45) is 0 Å². The summed E-state index contributed by atoms with van der Waals surface area (Å²) < 4.78 is 2.29. The highest BCUT2D eigenvalue weighted by molar-refractivity contribution is 6.31. The predicted molar refractivity (Wildman–Crippen MR) is 107 cm³/mol. The molecule has 26 heavy (non-hydrogen) atoms. The summed E-state index contributed by atoms with van der Waals surface area (Å²) in [5, 5.41) is 4.43. The molecule has 0 bridgehead atoms. The van der Waals surface area contributed by atoms with E-state index in [0.717, 1.165) is 34.0 Å². The van der Waals surface area contributed by atoms with Gasteiger partial charge >= 0.3 is 0 Å². The molecule has 4 aromatic rings. The van der Waals surface area contributed by atoms with E-state index in [9.17, 15) is 0 Å². The van der Waals surface area contributed by atoms with Gasteiger partial charge in [0.2, 0.25) is 5.95 Å². The molecule has 0 amide bonds. The molecule has 0 saturated carbocycles. The molecule has 2 atom stereocenters. The van der Waals surface area contributed by atoms with Gasteiger partial charge in [-0.3, -0.25) is 0 Å². The van der Waals surface area contributed by atoms with Gasteiger partial charge < -0.3 is 9.88 Å². The minimum Gasteiger partial charge on any atom is -0.349 e. The number of imidazole rings is 1. The largest absolute Gasteiger partial charge is 0.349 e. The number of fused-ring (bicyclic) bond motifs is 3.